The summed E-state index contributed by atoms with van der Waals surface area (Å²) in [6.07, 6.45) is 2.36. The largest absolute Gasteiger partial charge is 0.507 e. The maximum absolute atomic E-state index is 9.91. The Hall–Kier alpha value is -2.14. The average Bonchev–Trinajstić information content (AvgIpc) is 2.50. The van der Waals surface area contributed by atoms with Gasteiger partial charge in [0, 0.05) is 17.7 Å². The van der Waals surface area contributed by atoms with E-state index >= 15 is 0 Å². The second kappa shape index (κ2) is 6.32. The van der Waals surface area contributed by atoms with Crippen LogP contribution < -0.4 is 4.74 Å². The third-order valence-electron chi connectivity index (χ3n) is 3.98. The number of para-hydroxylation sites is 1. The zero-order valence-electron chi connectivity index (χ0n) is 13.0. The van der Waals surface area contributed by atoms with Crippen LogP contribution in [0.3, 0.4) is 0 Å². The summed E-state index contributed by atoms with van der Waals surface area (Å²) in [5.41, 5.74) is 2.27. The van der Waals surface area contributed by atoms with Crippen molar-refractivity contribution in [2.45, 2.75) is 25.9 Å². The normalized spacial score (nSPS) is 19.1. The molecule has 2 aromatic rings. The summed E-state index contributed by atoms with van der Waals surface area (Å²) in [5.74, 6) is 0.790. The number of aryl methyl sites for hydroxylation is 1. The second-order valence-electron chi connectivity index (χ2n) is 5.88. The van der Waals surface area contributed by atoms with Crippen molar-refractivity contribution < 1.29 is 9.84 Å². The van der Waals surface area contributed by atoms with E-state index in [0.717, 1.165) is 31.5 Å². The van der Waals surface area contributed by atoms with Crippen molar-refractivity contribution >= 4 is 0 Å². The van der Waals surface area contributed by atoms with E-state index < -0.39 is 0 Å². The first-order valence-electron chi connectivity index (χ1n) is 7.61. The number of benzene rings is 1. The second-order valence-corrected chi connectivity index (χ2v) is 5.88. The number of aromatic hydroxyl groups is 1. The lowest BCUT2D eigenvalue weighted by Crippen LogP contribution is -2.38. The van der Waals surface area contributed by atoms with Crippen LogP contribution in [0.15, 0.2) is 30.3 Å². The fourth-order valence-corrected chi connectivity index (χ4v) is 2.79. The van der Waals surface area contributed by atoms with Gasteiger partial charge in [-0.2, -0.15) is 0 Å². The molecule has 1 fully saturated rings. The number of hydrogen-bond donors (Lipinski definition) is 1. The molecule has 1 N–H and O–H groups in total. The van der Waals surface area contributed by atoms with Gasteiger partial charge in [0.25, 0.3) is 0 Å². The first-order valence-corrected chi connectivity index (χ1v) is 7.61. The lowest BCUT2D eigenvalue weighted by molar-refractivity contribution is 0.0984. The van der Waals surface area contributed by atoms with Crippen LogP contribution in [0.2, 0.25) is 0 Å². The third kappa shape index (κ3) is 3.20. The van der Waals surface area contributed by atoms with E-state index in [-0.39, 0.29) is 11.9 Å². The molecule has 1 aromatic heterocycles. The molecule has 0 spiro atoms. The number of nitrogens with zero attached hydrogens (tertiary/aromatic N) is 3. The predicted molar refractivity (Wildman–Crippen MR) is 85.0 cm³/mol. The van der Waals surface area contributed by atoms with Gasteiger partial charge < -0.3 is 14.7 Å². The Labute approximate surface area is 130 Å². The Morgan fingerprint density at radius 2 is 2.09 bits per heavy atom. The van der Waals surface area contributed by atoms with E-state index in [0.29, 0.717) is 17.1 Å². The molecule has 0 bridgehead atoms. The molecule has 0 amide bonds. The minimum absolute atomic E-state index is 0.169. The predicted octanol–water partition coefficient (Wildman–Crippen LogP) is 2.63. The molecular weight excluding hydrogens is 278 g/mol. The SMILES string of the molecule is Cc1cc(-c2ccccc2O)nnc1O[C@@H]1CCCN(C)C1. The highest BCUT2D eigenvalue weighted by Gasteiger charge is 2.20. The Bertz CT molecular complexity index is 660. The smallest absolute Gasteiger partial charge is 0.236 e. The number of likely N-dealkylation sites (tertiary alicyclic amines) is 1. The molecule has 0 unspecified atom stereocenters. The standard InChI is InChI=1S/C17H21N3O2/c1-12-10-15(14-7-3-4-8-16(14)21)18-19-17(12)22-13-6-5-9-20(2)11-13/h3-4,7-8,10,13,21H,5-6,9,11H2,1-2H3/t13-/m1/s1. The monoisotopic (exact) mass is 299 g/mol. The fraction of sp³-hybridized carbons (Fsp3) is 0.412. The number of ether oxygens (including phenoxy) is 1. The Morgan fingerprint density at radius 1 is 1.27 bits per heavy atom. The first-order chi connectivity index (χ1) is 10.6. The van der Waals surface area contributed by atoms with Gasteiger partial charge in [-0.3, -0.25) is 0 Å². The van der Waals surface area contributed by atoms with Crippen molar-refractivity contribution in [3.05, 3.63) is 35.9 Å². The van der Waals surface area contributed by atoms with Crippen molar-refractivity contribution in [3.63, 3.8) is 0 Å². The Balaban J connectivity index is 1.79. The van der Waals surface area contributed by atoms with Gasteiger partial charge in [0.05, 0.1) is 5.69 Å². The third-order valence-corrected chi connectivity index (χ3v) is 3.98. The highest BCUT2D eigenvalue weighted by molar-refractivity contribution is 5.66. The van der Waals surface area contributed by atoms with E-state index in [9.17, 15) is 5.11 Å². The molecule has 0 aliphatic carbocycles. The maximum atomic E-state index is 9.91. The van der Waals surface area contributed by atoms with Crippen molar-refractivity contribution in [2.75, 3.05) is 20.1 Å². The summed E-state index contributed by atoms with van der Waals surface area (Å²) in [5, 5.41) is 18.3. The van der Waals surface area contributed by atoms with Crippen molar-refractivity contribution in [3.8, 4) is 22.9 Å². The van der Waals surface area contributed by atoms with Crippen LogP contribution in [0.5, 0.6) is 11.6 Å². The van der Waals surface area contributed by atoms with E-state index in [1.165, 1.54) is 0 Å². The number of phenolic OH excluding ortho intramolecular Hbond substituents is 1. The molecule has 1 atom stereocenters. The highest BCUT2D eigenvalue weighted by Crippen LogP contribution is 2.29. The molecule has 1 aliphatic heterocycles. The summed E-state index contributed by atoms with van der Waals surface area (Å²) in [6, 6.07) is 9.04. The highest BCUT2D eigenvalue weighted by atomic mass is 16.5. The average molecular weight is 299 g/mol. The summed E-state index contributed by atoms with van der Waals surface area (Å²) in [6.45, 7) is 4.00. The maximum Gasteiger partial charge on any atom is 0.236 e. The number of likely N-dealkylation sites (N-methyl/N-ethyl adjacent to an activating group) is 1. The lowest BCUT2D eigenvalue weighted by Gasteiger charge is -2.29. The zero-order chi connectivity index (χ0) is 15.5. The summed E-state index contributed by atoms with van der Waals surface area (Å²) < 4.78 is 6.00. The van der Waals surface area contributed by atoms with Gasteiger partial charge in [-0.15, -0.1) is 10.2 Å². The van der Waals surface area contributed by atoms with E-state index in [1.54, 1.807) is 12.1 Å². The van der Waals surface area contributed by atoms with E-state index in [2.05, 4.69) is 22.1 Å². The first kappa shape index (κ1) is 14.8. The molecule has 3 rings (SSSR count). The van der Waals surface area contributed by atoms with Gasteiger partial charge >= 0.3 is 0 Å². The molecule has 1 aromatic carbocycles. The van der Waals surface area contributed by atoms with Crippen LogP contribution in [0.1, 0.15) is 18.4 Å². The summed E-state index contributed by atoms with van der Waals surface area (Å²) in [4.78, 5) is 2.27. The Morgan fingerprint density at radius 3 is 2.82 bits per heavy atom. The molecule has 1 aliphatic rings. The minimum atomic E-state index is 0.169. The van der Waals surface area contributed by atoms with Gasteiger partial charge in [0.1, 0.15) is 11.9 Å². The quantitative estimate of drug-likeness (QED) is 0.944. The number of piperidine rings is 1. The number of aromatic nitrogens is 2. The van der Waals surface area contributed by atoms with Crippen LogP contribution in [-0.4, -0.2) is 46.4 Å². The molecule has 5 nitrogen and oxygen atoms in total. The van der Waals surface area contributed by atoms with Gasteiger partial charge in [-0.05, 0) is 51.6 Å². The zero-order valence-corrected chi connectivity index (χ0v) is 13.0. The van der Waals surface area contributed by atoms with Crippen molar-refractivity contribution in [1.82, 2.24) is 15.1 Å². The van der Waals surface area contributed by atoms with Gasteiger partial charge in [0.2, 0.25) is 5.88 Å². The summed E-state index contributed by atoms with van der Waals surface area (Å²) >= 11 is 0. The van der Waals surface area contributed by atoms with Gasteiger partial charge in [-0.25, -0.2) is 0 Å². The van der Waals surface area contributed by atoms with Gasteiger partial charge in [-0.1, -0.05) is 12.1 Å². The molecule has 5 heteroatoms. The number of phenols is 1. The minimum Gasteiger partial charge on any atom is -0.507 e. The molecule has 0 radical (unpaired) electrons. The molecule has 0 saturated carbocycles. The Kier molecular flexibility index (Phi) is 4.24. The molecule has 1 saturated heterocycles. The topological polar surface area (TPSA) is 58.5 Å². The van der Waals surface area contributed by atoms with Crippen molar-refractivity contribution in [2.24, 2.45) is 0 Å². The van der Waals surface area contributed by atoms with Gasteiger partial charge in [0.15, 0.2) is 0 Å². The van der Waals surface area contributed by atoms with Crippen LogP contribution in [0.25, 0.3) is 11.3 Å². The molecular formula is C17H21N3O2. The number of hydrogen-bond acceptors (Lipinski definition) is 5. The molecule has 2 heterocycles. The fourth-order valence-electron chi connectivity index (χ4n) is 2.79. The van der Waals surface area contributed by atoms with Crippen LogP contribution in [0.4, 0.5) is 0 Å². The van der Waals surface area contributed by atoms with Crippen LogP contribution in [0, 0.1) is 6.92 Å². The lowest BCUT2D eigenvalue weighted by atomic mass is 10.1. The summed E-state index contributed by atoms with van der Waals surface area (Å²) in [7, 11) is 2.11. The molecule has 116 valence electrons. The van der Waals surface area contributed by atoms with Crippen molar-refractivity contribution in [1.29, 1.82) is 0 Å². The van der Waals surface area contributed by atoms with E-state index in [1.807, 2.05) is 25.1 Å². The van der Waals surface area contributed by atoms with Crippen LogP contribution >= 0.6 is 0 Å². The molecule has 22 heavy (non-hydrogen) atoms. The number of rotatable bonds is 3. The van der Waals surface area contributed by atoms with Crippen LogP contribution in [-0.2, 0) is 0 Å². The van der Waals surface area contributed by atoms with E-state index in [4.69, 9.17) is 4.74 Å².